The lowest BCUT2D eigenvalue weighted by atomic mass is 10.1. The van der Waals surface area contributed by atoms with Gasteiger partial charge in [-0.15, -0.1) is 0 Å². The SMILES string of the molecule is O=c1cccnn1-c1ccc(C2CC2CN2CCOCC2)cc1. The number of hydrogen-bond acceptors (Lipinski definition) is 4. The molecule has 2 aromatic rings. The van der Waals surface area contributed by atoms with Gasteiger partial charge in [-0.2, -0.15) is 9.78 Å². The summed E-state index contributed by atoms with van der Waals surface area (Å²) < 4.78 is 6.84. The fraction of sp³-hybridized carbons (Fsp3) is 0.444. The Bertz CT molecular complexity index is 720. The van der Waals surface area contributed by atoms with E-state index < -0.39 is 0 Å². The van der Waals surface area contributed by atoms with Gasteiger partial charge in [0.05, 0.1) is 18.9 Å². The van der Waals surface area contributed by atoms with Crippen LogP contribution in [0.25, 0.3) is 5.69 Å². The van der Waals surface area contributed by atoms with Gasteiger partial charge in [0.15, 0.2) is 0 Å². The van der Waals surface area contributed by atoms with Gasteiger partial charge in [-0.05, 0) is 42.0 Å². The summed E-state index contributed by atoms with van der Waals surface area (Å²) in [6.45, 7) is 5.03. The topological polar surface area (TPSA) is 47.4 Å². The minimum absolute atomic E-state index is 0.100. The van der Waals surface area contributed by atoms with E-state index in [0.29, 0.717) is 5.92 Å². The molecule has 1 aromatic carbocycles. The van der Waals surface area contributed by atoms with E-state index in [2.05, 4.69) is 22.1 Å². The summed E-state index contributed by atoms with van der Waals surface area (Å²) in [4.78, 5) is 14.3. The standard InChI is InChI=1S/C18H21N3O2/c22-18-2-1-7-19-21(18)16-5-3-14(4-6-16)17-12-15(17)13-20-8-10-23-11-9-20/h1-7,15,17H,8-13H2. The first kappa shape index (κ1) is 14.6. The number of benzene rings is 1. The lowest BCUT2D eigenvalue weighted by Gasteiger charge is -2.26. The zero-order valence-electron chi connectivity index (χ0n) is 13.1. The normalized spacial score (nSPS) is 24.5. The van der Waals surface area contributed by atoms with E-state index in [9.17, 15) is 4.79 Å². The van der Waals surface area contributed by atoms with E-state index in [4.69, 9.17) is 4.74 Å². The van der Waals surface area contributed by atoms with Gasteiger partial charge in [-0.3, -0.25) is 9.69 Å². The minimum atomic E-state index is -0.100. The molecule has 120 valence electrons. The molecule has 1 saturated heterocycles. The molecule has 1 aliphatic carbocycles. The Kier molecular flexibility index (Phi) is 3.97. The van der Waals surface area contributed by atoms with Crippen LogP contribution in [0.5, 0.6) is 0 Å². The smallest absolute Gasteiger partial charge is 0.271 e. The molecule has 23 heavy (non-hydrogen) atoms. The second kappa shape index (κ2) is 6.26. The first-order valence-electron chi connectivity index (χ1n) is 8.26. The van der Waals surface area contributed by atoms with Crippen LogP contribution in [-0.2, 0) is 4.74 Å². The fourth-order valence-corrected chi connectivity index (χ4v) is 3.39. The highest BCUT2D eigenvalue weighted by molar-refractivity contribution is 5.37. The number of rotatable bonds is 4. The molecule has 0 N–H and O–H groups in total. The van der Waals surface area contributed by atoms with Crippen LogP contribution in [0.4, 0.5) is 0 Å². The van der Waals surface area contributed by atoms with Crippen LogP contribution in [0.2, 0.25) is 0 Å². The second-order valence-electron chi connectivity index (χ2n) is 6.38. The van der Waals surface area contributed by atoms with E-state index in [-0.39, 0.29) is 5.56 Å². The molecule has 5 nitrogen and oxygen atoms in total. The van der Waals surface area contributed by atoms with Crippen molar-refractivity contribution in [3.63, 3.8) is 0 Å². The summed E-state index contributed by atoms with van der Waals surface area (Å²) >= 11 is 0. The van der Waals surface area contributed by atoms with Crippen LogP contribution in [-0.4, -0.2) is 47.5 Å². The molecule has 2 fully saturated rings. The van der Waals surface area contributed by atoms with Crippen molar-refractivity contribution in [1.29, 1.82) is 0 Å². The van der Waals surface area contributed by atoms with Crippen molar-refractivity contribution in [2.24, 2.45) is 5.92 Å². The van der Waals surface area contributed by atoms with Gasteiger partial charge in [-0.1, -0.05) is 12.1 Å². The molecule has 1 aromatic heterocycles. The van der Waals surface area contributed by atoms with E-state index in [1.54, 1.807) is 12.3 Å². The lowest BCUT2D eigenvalue weighted by Crippen LogP contribution is -2.37. The van der Waals surface area contributed by atoms with Crippen molar-refractivity contribution in [3.8, 4) is 5.69 Å². The van der Waals surface area contributed by atoms with Crippen molar-refractivity contribution < 1.29 is 4.74 Å². The predicted octanol–water partition coefficient (Wildman–Crippen LogP) is 1.67. The highest BCUT2D eigenvalue weighted by atomic mass is 16.5. The Balaban J connectivity index is 1.41. The predicted molar refractivity (Wildman–Crippen MR) is 87.9 cm³/mol. The molecule has 0 amide bonds. The molecule has 2 aliphatic rings. The van der Waals surface area contributed by atoms with Gasteiger partial charge in [0, 0.05) is 31.9 Å². The molecule has 1 aliphatic heterocycles. The number of aromatic nitrogens is 2. The Hall–Kier alpha value is -1.98. The zero-order chi connectivity index (χ0) is 15.6. The van der Waals surface area contributed by atoms with Crippen molar-refractivity contribution >= 4 is 0 Å². The van der Waals surface area contributed by atoms with E-state index in [1.165, 1.54) is 29.3 Å². The molecular formula is C18H21N3O2. The highest BCUT2D eigenvalue weighted by Gasteiger charge is 2.39. The van der Waals surface area contributed by atoms with Crippen LogP contribution in [0.3, 0.4) is 0 Å². The number of ether oxygens (including phenoxy) is 1. The molecule has 0 radical (unpaired) electrons. The Morgan fingerprint density at radius 1 is 1.13 bits per heavy atom. The quantitative estimate of drug-likeness (QED) is 0.862. The zero-order valence-corrected chi connectivity index (χ0v) is 13.1. The van der Waals surface area contributed by atoms with Crippen LogP contribution in [0.15, 0.2) is 47.4 Å². The first-order chi connectivity index (χ1) is 11.3. The molecule has 1 saturated carbocycles. The monoisotopic (exact) mass is 311 g/mol. The average Bonchev–Trinajstić information content (AvgIpc) is 3.36. The average molecular weight is 311 g/mol. The summed E-state index contributed by atoms with van der Waals surface area (Å²) in [6, 6.07) is 11.5. The molecule has 2 unspecified atom stereocenters. The van der Waals surface area contributed by atoms with Crippen LogP contribution in [0, 0.1) is 5.92 Å². The van der Waals surface area contributed by atoms with E-state index in [1.807, 2.05) is 12.1 Å². The van der Waals surface area contributed by atoms with Gasteiger partial charge in [0.25, 0.3) is 5.56 Å². The molecular weight excluding hydrogens is 290 g/mol. The second-order valence-corrected chi connectivity index (χ2v) is 6.38. The molecule has 4 rings (SSSR count). The van der Waals surface area contributed by atoms with Crippen LogP contribution in [0.1, 0.15) is 17.9 Å². The molecule has 2 atom stereocenters. The van der Waals surface area contributed by atoms with Crippen molar-refractivity contribution in [2.75, 3.05) is 32.8 Å². The molecule has 2 heterocycles. The van der Waals surface area contributed by atoms with Crippen LogP contribution >= 0.6 is 0 Å². The number of nitrogens with zero attached hydrogens (tertiary/aromatic N) is 3. The third kappa shape index (κ3) is 3.21. The summed E-state index contributed by atoms with van der Waals surface area (Å²) in [5.41, 5.74) is 2.09. The summed E-state index contributed by atoms with van der Waals surface area (Å²) in [5.74, 6) is 1.42. The van der Waals surface area contributed by atoms with Crippen LogP contribution < -0.4 is 5.56 Å². The Morgan fingerprint density at radius 2 is 1.91 bits per heavy atom. The maximum atomic E-state index is 11.8. The third-order valence-corrected chi connectivity index (χ3v) is 4.80. The van der Waals surface area contributed by atoms with Crippen molar-refractivity contribution in [2.45, 2.75) is 12.3 Å². The minimum Gasteiger partial charge on any atom is -0.379 e. The number of hydrogen-bond donors (Lipinski definition) is 0. The van der Waals surface area contributed by atoms with Gasteiger partial charge in [0.2, 0.25) is 0 Å². The summed E-state index contributed by atoms with van der Waals surface area (Å²) in [7, 11) is 0. The molecule has 0 spiro atoms. The fourth-order valence-electron chi connectivity index (χ4n) is 3.39. The van der Waals surface area contributed by atoms with Crippen molar-refractivity contribution in [3.05, 3.63) is 58.5 Å². The Morgan fingerprint density at radius 3 is 2.65 bits per heavy atom. The van der Waals surface area contributed by atoms with Gasteiger partial charge in [0.1, 0.15) is 0 Å². The largest absolute Gasteiger partial charge is 0.379 e. The Labute approximate surface area is 135 Å². The van der Waals surface area contributed by atoms with E-state index in [0.717, 1.165) is 37.9 Å². The molecule has 0 bridgehead atoms. The molecule has 5 heteroatoms. The maximum absolute atomic E-state index is 11.8. The van der Waals surface area contributed by atoms with E-state index >= 15 is 0 Å². The highest BCUT2D eigenvalue weighted by Crippen LogP contribution is 2.47. The lowest BCUT2D eigenvalue weighted by molar-refractivity contribution is 0.0355. The summed E-state index contributed by atoms with van der Waals surface area (Å²) in [6.07, 6.45) is 2.90. The third-order valence-electron chi connectivity index (χ3n) is 4.80. The summed E-state index contributed by atoms with van der Waals surface area (Å²) in [5, 5.41) is 4.12. The maximum Gasteiger partial charge on any atom is 0.271 e. The van der Waals surface area contributed by atoms with Crippen molar-refractivity contribution in [1.82, 2.24) is 14.7 Å². The van der Waals surface area contributed by atoms with Gasteiger partial charge >= 0.3 is 0 Å². The first-order valence-corrected chi connectivity index (χ1v) is 8.26. The number of morpholine rings is 1. The van der Waals surface area contributed by atoms with Gasteiger partial charge < -0.3 is 4.74 Å². The van der Waals surface area contributed by atoms with Gasteiger partial charge in [-0.25, -0.2) is 0 Å².